The summed E-state index contributed by atoms with van der Waals surface area (Å²) >= 11 is 0. The number of rotatable bonds is 6. The van der Waals surface area contributed by atoms with Gasteiger partial charge in [-0.15, -0.1) is 0 Å². The summed E-state index contributed by atoms with van der Waals surface area (Å²) in [5.74, 6) is -2.07. The largest absolute Gasteiger partial charge is 0.484 e. The number of halogens is 1. The monoisotopic (exact) mass is 285 g/mol. The number of nitrogens with zero attached hydrogens (tertiary/aromatic N) is 1. The zero-order valence-electron chi connectivity index (χ0n) is 11.5. The third-order valence-electron chi connectivity index (χ3n) is 2.67. The lowest BCUT2D eigenvalue weighted by molar-refractivity contribution is -0.386. The summed E-state index contributed by atoms with van der Waals surface area (Å²) < 4.78 is 23.5. The predicted molar refractivity (Wildman–Crippen MR) is 69.4 cm³/mol. The molecule has 0 heterocycles. The molecule has 20 heavy (non-hydrogen) atoms. The molecule has 6 nitrogen and oxygen atoms in total. The summed E-state index contributed by atoms with van der Waals surface area (Å²) in [5.41, 5.74) is -0.907. The fraction of sp³-hybridized carbons (Fsp3) is 0.462. The van der Waals surface area contributed by atoms with Crippen LogP contribution in [0.25, 0.3) is 0 Å². The normalized spacial score (nSPS) is 11.8. The van der Waals surface area contributed by atoms with Crippen molar-refractivity contribution in [3.63, 3.8) is 0 Å². The number of carbonyl (C=O) groups excluding carboxylic acids is 1. The minimum absolute atomic E-state index is 0.141. The van der Waals surface area contributed by atoms with Crippen molar-refractivity contribution in [3.8, 4) is 5.75 Å². The van der Waals surface area contributed by atoms with Gasteiger partial charge in [0.1, 0.15) is 5.82 Å². The molecule has 1 aromatic rings. The first kappa shape index (κ1) is 15.9. The summed E-state index contributed by atoms with van der Waals surface area (Å²) in [7, 11) is 1.10. The van der Waals surface area contributed by atoms with E-state index >= 15 is 0 Å². The van der Waals surface area contributed by atoms with E-state index in [1.807, 2.05) is 6.92 Å². The smallest absolute Gasteiger partial charge is 0.340 e. The Labute approximate surface area is 115 Å². The molecule has 0 radical (unpaired) electrons. The lowest BCUT2D eigenvalue weighted by atomic mass is 10.1. The van der Waals surface area contributed by atoms with Gasteiger partial charge in [0, 0.05) is 6.07 Å². The van der Waals surface area contributed by atoms with E-state index in [1.54, 1.807) is 6.92 Å². The third kappa shape index (κ3) is 3.66. The molecule has 1 aromatic carbocycles. The van der Waals surface area contributed by atoms with Crippen LogP contribution in [0.3, 0.4) is 0 Å². The van der Waals surface area contributed by atoms with E-state index in [4.69, 9.17) is 4.74 Å². The zero-order chi connectivity index (χ0) is 15.3. The molecule has 0 amide bonds. The summed E-state index contributed by atoms with van der Waals surface area (Å²) in [4.78, 5) is 21.5. The Bertz CT molecular complexity index is 518. The Balaban J connectivity index is 3.23. The molecule has 0 aliphatic heterocycles. The predicted octanol–water partition coefficient (Wildman–Crippen LogP) is 3.09. The number of carbonyl (C=O) groups is 1. The van der Waals surface area contributed by atoms with Gasteiger partial charge in [-0.3, -0.25) is 10.1 Å². The van der Waals surface area contributed by atoms with Crippen molar-refractivity contribution in [1.29, 1.82) is 0 Å². The third-order valence-corrected chi connectivity index (χ3v) is 2.67. The molecule has 0 fully saturated rings. The first-order valence-corrected chi connectivity index (χ1v) is 6.13. The topological polar surface area (TPSA) is 78.7 Å². The van der Waals surface area contributed by atoms with Gasteiger partial charge in [0.05, 0.1) is 29.8 Å². The summed E-state index contributed by atoms with van der Waals surface area (Å²) in [6.45, 7) is 3.69. The van der Waals surface area contributed by atoms with E-state index in [2.05, 4.69) is 4.74 Å². The van der Waals surface area contributed by atoms with Crippen molar-refractivity contribution in [2.45, 2.75) is 32.8 Å². The van der Waals surface area contributed by atoms with Gasteiger partial charge >= 0.3 is 11.7 Å². The Morgan fingerprint density at radius 3 is 2.65 bits per heavy atom. The molecule has 0 spiro atoms. The molecule has 1 atom stereocenters. The van der Waals surface area contributed by atoms with Gasteiger partial charge in [-0.25, -0.2) is 9.18 Å². The maximum atomic E-state index is 13.7. The standard InChI is InChI=1S/C13H16FNO5/c1-4-5-8(2)20-12-6-9(13(16)19-3)10(14)7-11(12)15(17)18/h6-8H,4-5H2,1-3H3. The van der Waals surface area contributed by atoms with Crippen LogP contribution in [0.2, 0.25) is 0 Å². The highest BCUT2D eigenvalue weighted by atomic mass is 19.1. The maximum absolute atomic E-state index is 13.7. The van der Waals surface area contributed by atoms with E-state index in [-0.39, 0.29) is 11.9 Å². The van der Waals surface area contributed by atoms with Crippen molar-refractivity contribution in [3.05, 3.63) is 33.6 Å². The molecule has 0 bridgehead atoms. The average molecular weight is 285 g/mol. The molecule has 1 rings (SSSR count). The molecule has 0 aliphatic rings. The number of nitro groups is 1. The van der Waals surface area contributed by atoms with Crippen molar-refractivity contribution in [2.75, 3.05) is 7.11 Å². The highest BCUT2D eigenvalue weighted by Crippen LogP contribution is 2.31. The highest BCUT2D eigenvalue weighted by molar-refractivity contribution is 5.90. The number of hydrogen-bond acceptors (Lipinski definition) is 5. The zero-order valence-corrected chi connectivity index (χ0v) is 11.5. The molecule has 110 valence electrons. The lowest BCUT2D eigenvalue weighted by Gasteiger charge is -2.14. The highest BCUT2D eigenvalue weighted by Gasteiger charge is 2.24. The van der Waals surface area contributed by atoms with E-state index in [0.717, 1.165) is 19.6 Å². The van der Waals surface area contributed by atoms with Crippen molar-refractivity contribution in [1.82, 2.24) is 0 Å². The van der Waals surface area contributed by atoms with E-state index < -0.39 is 28.0 Å². The van der Waals surface area contributed by atoms with E-state index in [0.29, 0.717) is 12.5 Å². The van der Waals surface area contributed by atoms with Crippen LogP contribution in [0.4, 0.5) is 10.1 Å². The van der Waals surface area contributed by atoms with Gasteiger partial charge in [-0.05, 0) is 13.3 Å². The quantitative estimate of drug-likeness (QED) is 0.456. The summed E-state index contributed by atoms with van der Waals surface area (Å²) in [6, 6.07) is 1.67. The maximum Gasteiger partial charge on any atom is 0.340 e. The number of methoxy groups -OCH3 is 1. The van der Waals surface area contributed by atoms with Gasteiger partial charge in [-0.2, -0.15) is 0 Å². The Hall–Kier alpha value is -2.18. The van der Waals surface area contributed by atoms with Crippen LogP contribution >= 0.6 is 0 Å². The number of benzene rings is 1. The SMILES string of the molecule is CCCC(C)Oc1cc(C(=O)OC)c(F)cc1[N+](=O)[O-]. The van der Waals surface area contributed by atoms with Crippen LogP contribution in [-0.4, -0.2) is 24.1 Å². The van der Waals surface area contributed by atoms with Crippen LogP contribution in [0.1, 0.15) is 37.0 Å². The van der Waals surface area contributed by atoms with Crippen LogP contribution in [0.15, 0.2) is 12.1 Å². The molecular weight excluding hydrogens is 269 g/mol. The fourth-order valence-corrected chi connectivity index (χ4v) is 1.73. The minimum atomic E-state index is -1.01. The van der Waals surface area contributed by atoms with Gasteiger partial charge < -0.3 is 9.47 Å². The van der Waals surface area contributed by atoms with Crippen molar-refractivity contribution < 1.29 is 23.6 Å². The molecule has 1 unspecified atom stereocenters. The first-order chi connectivity index (χ1) is 9.40. The molecule has 7 heteroatoms. The van der Waals surface area contributed by atoms with Crippen LogP contribution < -0.4 is 4.74 Å². The summed E-state index contributed by atoms with van der Waals surface area (Å²) in [6.07, 6.45) is 1.23. The van der Waals surface area contributed by atoms with Gasteiger partial charge in [0.25, 0.3) is 0 Å². The molecule has 0 saturated carbocycles. The van der Waals surface area contributed by atoms with Crippen LogP contribution in [0.5, 0.6) is 5.75 Å². The van der Waals surface area contributed by atoms with Crippen LogP contribution in [-0.2, 0) is 4.74 Å². The molecule has 0 N–H and O–H groups in total. The number of nitro benzene ring substituents is 1. The van der Waals surface area contributed by atoms with Crippen molar-refractivity contribution >= 4 is 11.7 Å². The number of esters is 1. The minimum Gasteiger partial charge on any atom is -0.484 e. The molecule has 0 aliphatic carbocycles. The lowest BCUT2D eigenvalue weighted by Crippen LogP contribution is -2.14. The second-order valence-corrected chi connectivity index (χ2v) is 4.27. The van der Waals surface area contributed by atoms with Gasteiger partial charge in [0.15, 0.2) is 5.75 Å². The number of ether oxygens (including phenoxy) is 2. The Morgan fingerprint density at radius 1 is 1.50 bits per heavy atom. The second kappa shape index (κ2) is 6.83. The van der Waals surface area contributed by atoms with E-state index in [9.17, 15) is 19.3 Å². The van der Waals surface area contributed by atoms with Crippen molar-refractivity contribution in [2.24, 2.45) is 0 Å². The Kier molecular flexibility index (Phi) is 5.42. The number of hydrogen-bond donors (Lipinski definition) is 0. The fourth-order valence-electron chi connectivity index (χ4n) is 1.73. The first-order valence-electron chi connectivity index (χ1n) is 6.13. The van der Waals surface area contributed by atoms with Gasteiger partial charge in [0.2, 0.25) is 0 Å². The average Bonchev–Trinajstić information content (AvgIpc) is 2.39. The summed E-state index contributed by atoms with van der Waals surface area (Å²) in [5, 5.41) is 10.9. The van der Waals surface area contributed by atoms with E-state index in [1.165, 1.54) is 0 Å². The molecular formula is C13H16FNO5. The molecule has 0 aromatic heterocycles. The second-order valence-electron chi connectivity index (χ2n) is 4.27. The van der Waals surface area contributed by atoms with Crippen LogP contribution in [0, 0.1) is 15.9 Å². The van der Waals surface area contributed by atoms with Gasteiger partial charge in [-0.1, -0.05) is 13.3 Å². The molecule has 0 saturated heterocycles. The Morgan fingerprint density at radius 2 is 2.15 bits per heavy atom.